The highest BCUT2D eigenvalue weighted by molar-refractivity contribution is 9.10. The van der Waals surface area contributed by atoms with Crippen LogP contribution in [0.2, 0.25) is 0 Å². The number of halogens is 1. The van der Waals surface area contributed by atoms with Crippen LogP contribution in [0.15, 0.2) is 74.4 Å². The third kappa shape index (κ3) is 4.35. The van der Waals surface area contributed by atoms with Gasteiger partial charge in [-0.15, -0.1) is 11.3 Å². The molecule has 1 N–H and O–H groups in total. The van der Waals surface area contributed by atoms with Gasteiger partial charge in [-0.1, -0.05) is 58.0 Å². The zero-order valence-electron chi connectivity index (χ0n) is 16.1. The number of thiophene rings is 1. The molecule has 0 aliphatic carbocycles. The highest BCUT2D eigenvalue weighted by Crippen LogP contribution is 2.32. The Balaban J connectivity index is 1.62. The third-order valence-electron chi connectivity index (χ3n) is 4.50. The van der Waals surface area contributed by atoms with Gasteiger partial charge in [0, 0.05) is 27.6 Å². The molecule has 0 bridgehead atoms. The van der Waals surface area contributed by atoms with E-state index in [0.717, 1.165) is 21.3 Å². The second-order valence-electron chi connectivity index (χ2n) is 6.48. The topological polar surface area (TPSA) is 64.0 Å². The number of aromatic nitrogens is 2. The van der Waals surface area contributed by atoms with Crippen LogP contribution in [-0.4, -0.2) is 21.2 Å². The highest BCUT2D eigenvalue weighted by atomic mass is 79.9. The quantitative estimate of drug-likeness (QED) is 0.275. The van der Waals surface area contributed by atoms with Crippen molar-refractivity contribution in [3.05, 3.63) is 74.8 Å². The molecular weight excluding hydrogens is 482 g/mol. The SMILES string of the molecule is CCn1c(SCC(=O)Nc2ccc(Br)cc2)nc2c(-c3ccccc3)csc2c1=O. The first-order chi connectivity index (χ1) is 14.6. The molecule has 2 aromatic carbocycles. The molecule has 0 atom stereocenters. The Kier molecular flexibility index (Phi) is 6.36. The molecule has 4 rings (SSSR count). The van der Waals surface area contributed by atoms with Gasteiger partial charge >= 0.3 is 0 Å². The Morgan fingerprint density at radius 3 is 2.60 bits per heavy atom. The number of carbonyl (C=O) groups excluding carboxylic acids is 1. The monoisotopic (exact) mass is 499 g/mol. The molecule has 0 saturated heterocycles. The number of nitrogens with zero attached hydrogens (tertiary/aromatic N) is 2. The van der Waals surface area contributed by atoms with E-state index in [1.807, 2.05) is 66.9 Å². The van der Waals surface area contributed by atoms with Crippen LogP contribution in [0.25, 0.3) is 21.3 Å². The van der Waals surface area contributed by atoms with Crippen LogP contribution >= 0.6 is 39.0 Å². The largest absolute Gasteiger partial charge is 0.325 e. The number of hydrogen-bond donors (Lipinski definition) is 1. The number of nitrogens with one attached hydrogen (secondary N) is 1. The molecule has 0 fully saturated rings. The maximum atomic E-state index is 13.0. The fourth-order valence-electron chi connectivity index (χ4n) is 3.05. The van der Waals surface area contributed by atoms with Crippen molar-refractivity contribution in [1.82, 2.24) is 9.55 Å². The van der Waals surface area contributed by atoms with Crippen molar-refractivity contribution >= 4 is 60.8 Å². The summed E-state index contributed by atoms with van der Waals surface area (Å²) in [4.78, 5) is 30.2. The number of thioether (sulfide) groups is 1. The number of anilines is 1. The van der Waals surface area contributed by atoms with Gasteiger partial charge in [-0.05, 0) is 36.8 Å². The van der Waals surface area contributed by atoms with Crippen LogP contribution in [0.3, 0.4) is 0 Å². The van der Waals surface area contributed by atoms with Gasteiger partial charge < -0.3 is 5.32 Å². The van der Waals surface area contributed by atoms with Gasteiger partial charge in [0.25, 0.3) is 5.56 Å². The second-order valence-corrected chi connectivity index (χ2v) is 9.22. The van der Waals surface area contributed by atoms with Gasteiger partial charge in [0.2, 0.25) is 5.91 Å². The number of carbonyl (C=O) groups is 1. The minimum atomic E-state index is -0.145. The number of rotatable bonds is 6. The zero-order valence-corrected chi connectivity index (χ0v) is 19.3. The summed E-state index contributed by atoms with van der Waals surface area (Å²) < 4.78 is 3.22. The number of fused-ring (bicyclic) bond motifs is 1. The average Bonchev–Trinajstić information content (AvgIpc) is 3.19. The molecule has 152 valence electrons. The Hall–Kier alpha value is -2.42. The lowest BCUT2D eigenvalue weighted by atomic mass is 10.1. The van der Waals surface area contributed by atoms with Crippen molar-refractivity contribution in [1.29, 1.82) is 0 Å². The van der Waals surface area contributed by atoms with E-state index >= 15 is 0 Å². The Morgan fingerprint density at radius 2 is 1.90 bits per heavy atom. The van der Waals surface area contributed by atoms with Crippen LogP contribution in [0.5, 0.6) is 0 Å². The van der Waals surface area contributed by atoms with Crippen LogP contribution in [0.4, 0.5) is 5.69 Å². The minimum absolute atomic E-state index is 0.0644. The average molecular weight is 500 g/mol. The first-order valence-corrected chi connectivity index (χ1v) is 12.0. The van der Waals surface area contributed by atoms with Crippen molar-refractivity contribution in [3.8, 4) is 11.1 Å². The maximum Gasteiger partial charge on any atom is 0.272 e. The normalized spacial score (nSPS) is 11.0. The molecule has 5 nitrogen and oxygen atoms in total. The summed E-state index contributed by atoms with van der Waals surface area (Å²) in [5.41, 5.74) is 3.32. The smallest absolute Gasteiger partial charge is 0.272 e. The lowest BCUT2D eigenvalue weighted by Gasteiger charge is -2.11. The summed E-state index contributed by atoms with van der Waals surface area (Å²) in [6.07, 6.45) is 0. The number of benzene rings is 2. The molecule has 2 aromatic heterocycles. The van der Waals surface area contributed by atoms with Crippen molar-refractivity contribution in [2.75, 3.05) is 11.1 Å². The Bertz CT molecular complexity index is 1250. The summed E-state index contributed by atoms with van der Waals surface area (Å²) in [7, 11) is 0. The lowest BCUT2D eigenvalue weighted by molar-refractivity contribution is -0.113. The van der Waals surface area contributed by atoms with Crippen molar-refractivity contribution < 1.29 is 4.79 Å². The van der Waals surface area contributed by atoms with E-state index in [9.17, 15) is 9.59 Å². The second kappa shape index (κ2) is 9.16. The molecule has 4 aromatic rings. The van der Waals surface area contributed by atoms with Crippen molar-refractivity contribution in [3.63, 3.8) is 0 Å². The standard InChI is InChI=1S/C22H18BrN3O2S2/c1-2-26-21(28)20-19(17(12-29-20)14-6-4-3-5-7-14)25-22(26)30-13-18(27)24-16-10-8-15(23)9-11-16/h3-12H,2,13H2,1H3,(H,24,27). The maximum absolute atomic E-state index is 13.0. The summed E-state index contributed by atoms with van der Waals surface area (Å²) in [5, 5.41) is 5.39. The molecule has 2 heterocycles. The summed E-state index contributed by atoms with van der Waals surface area (Å²) in [6, 6.07) is 17.3. The van der Waals surface area contributed by atoms with Gasteiger partial charge in [-0.2, -0.15) is 0 Å². The van der Waals surface area contributed by atoms with Crippen LogP contribution in [-0.2, 0) is 11.3 Å². The third-order valence-corrected chi connectivity index (χ3v) is 6.97. The summed E-state index contributed by atoms with van der Waals surface area (Å²) in [6.45, 7) is 2.41. The van der Waals surface area contributed by atoms with E-state index < -0.39 is 0 Å². The van der Waals surface area contributed by atoms with E-state index in [4.69, 9.17) is 4.98 Å². The molecule has 1 amide bonds. The highest BCUT2D eigenvalue weighted by Gasteiger charge is 2.17. The molecule has 8 heteroatoms. The molecule has 0 unspecified atom stereocenters. The van der Waals surface area contributed by atoms with Crippen LogP contribution < -0.4 is 10.9 Å². The van der Waals surface area contributed by atoms with Gasteiger partial charge in [0.1, 0.15) is 4.70 Å². The molecule has 0 aliphatic rings. The number of amides is 1. The lowest BCUT2D eigenvalue weighted by Crippen LogP contribution is -2.22. The fourth-order valence-corrected chi connectivity index (χ4v) is 5.13. The first kappa shape index (κ1) is 20.8. The van der Waals surface area contributed by atoms with Crippen LogP contribution in [0.1, 0.15) is 6.92 Å². The predicted molar refractivity (Wildman–Crippen MR) is 128 cm³/mol. The fraction of sp³-hybridized carbons (Fsp3) is 0.136. The Labute approximate surface area is 190 Å². The van der Waals surface area contributed by atoms with Gasteiger partial charge in [-0.25, -0.2) is 4.98 Å². The van der Waals surface area contributed by atoms with Gasteiger partial charge in [0.05, 0.1) is 11.3 Å². The van der Waals surface area contributed by atoms with Crippen molar-refractivity contribution in [2.45, 2.75) is 18.6 Å². The molecule has 0 saturated carbocycles. The van der Waals surface area contributed by atoms with Gasteiger partial charge in [0.15, 0.2) is 5.16 Å². The molecule has 0 aliphatic heterocycles. The summed E-state index contributed by atoms with van der Waals surface area (Å²) in [5.74, 6) is 0.0201. The van der Waals surface area contributed by atoms with E-state index in [2.05, 4.69) is 21.2 Å². The minimum Gasteiger partial charge on any atom is -0.325 e. The Morgan fingerprint density at radius 1 is 1.17 bits per heavy atom. The van der Waals surface area contributed by atoms with E-state index in [1.165, 1.54) is 23.1 Å². The van der Waals surface area contributed by atoms with E-state index in [-0.39, 0.29) is 17.2 Å². The van der Waals surface area contributed by atoms with E-state index in [1.54, 1.807) is 4.57 Å². The zero-order chi connectivity index (χ0) is 21.1. The summed E-state index contributed by atoms with van der Waals surface area (Å²) >= 11 is 6.06. The van der Waals surface area contributed by atoms with E-state index in [0.29, 0.717) is 21.9 Å². The van der Waals surface area contributed by atoms with Crippen molar-refractivity contribution in [2.24, 2.45) is 0 Å². The molecule has 0 spiro atoms. The molecule has 30 heavy (non-hydrogen) atoms. The first-order valence-electron chi connectivity index (χ1n) is 9.32. The molecular formula is C22H18BrN3O2S2. The van der Waals surface area contributed by atoms with Gasteiger partial charge in [-0.3, -0.25) is 14.2 Å². The molecule has 0 radical (unpaired) electrons. The number of hydrogen-bond acceptors (Lipinski definition) is 5. The predicted octanol–water partition coefficient (Wildman–Crippen LogP) is 5.64. The van der Waals surface area contributed by atoms with Crippen LogP contribution in [0, 0.1) is 0 Å².